The zero-order valence-corrected chi connectivity index (χ0v) is 18.0. The molecule has 1 saturated heterocycles. The number of aromatic nitrogens is 1. The third-order valence-electron chi connectivity index (χ3n) is 5.93. The molecule has 1 aliphatic heterocycles. The number of piperidine rings is 1. The lowest BCUT2D eigenvalue weighted by Gasteiger charge is -2.31. The van der Waals surface area contributed by atoms with E-state index in [0.717, 1.165) is 35.3 Å². The third kappa shape index (κ3) is 5.10. The number of hydrogen-bond acceptors (Lipinski definition) is 4. The van der Waals surface area contributed by atoms with E-state index < -0.39 is 0 Å². The van der Waals surface area contributed by atoms with Gasteiger partial charge in [0.2, 0.25) is 5.91 Å². The van der Waals surface area contributed by atoms with Crippen LogP contribution in [0.3, 0.4) is 0 Å². The summed E-state index contributed by atoms with van der Waals surface area (Å²) in [5, 5.41) is 4.04. The van der Waals surface area contributed by atoms with Gasteiger partial charge in [0, 0.05) is 48.9 Å². The van der Waals surface area contributed by atoms with Crippen molar-refractivity contribution in [3.63, 3.8) is 0 Å². The van der Waals surface area contributed by atoms with Crippen LogP contribution in [-0.4, -0.2) is 47.9 Å². The summed E-state index contributed by atoms with van der Waals surface area (Å²) in [5.74, 6) is 1.99. The molecule has 0 bridgehead atoms. The molecule has 7 heteroatoms. The standard InChI is InChI=1S/C24H29N3O4/c1-16(12-20-4-3-11-31-20)25-23(28)13-17-7-9-27(10-8-17)24(29)22-14-18-5-6-19(30-2)15-21(18)26-22/h3-6,11,14-17,26H,7-10,12-13H2,1-2H3,(H,25,28)/t16-/m1/s1. The molecule has 0 saturated carbocycles. The first-order chi connectivity index (χ1) is 15.0. The molecule has 1 aliphatic rings. The van der Waals surface area contributed by atoms with Gasteiger partial charge in [0.1, 0.15) is 17.2 Å². The van der Waals surface area contributed by atoms with Crippen molar-refractivity contribution in [2.24, 2.45) is 5.92 Å². The van der Waals surface area contributed by atoms with Crippen molar-refractivity contribution in [2.45, 2.75) is 38.6 Å². The monoisotopic (exact) mass is 423 g/mol. The van der Waals surface area contributed by atoms with Gasteiger partial charge in [0.25, 0.3) is 5.91 Å². The van der Waals surface area contributed by atoms with Gasteiger partial charge in [-0.25, -0.2) is 0 Å². The normalized spacial score (nSPS) is 15.7. The third-order valence-corrected chi connectivity index (χ3v) is 5.93. The average Bonchev–Trinajstić information content (AvgIpc) is 3.42. The van der Waals surface area contributed by atoms with Crippen molar-refractivity contribution in [1.82, 2.24) is 15.2 Å². The molecule has 3 heterocycles. The summed E-state index contributed by atoms with van der Waals surface area (Å²) >= 11 is 0. The number of nitrogens with one attached hydrogen (secondary N) is 2. The van der Waals surface area contributed by atoms with Crippen LogP contribution >= 0.6 is 0 Å². The van der Waals surface area contributed by atoms with E-state index in [9.17, 15) is 9.59 Å². The maximum Gasteiger partial charge on any atom is 0.270 e. The quantitative estimate of drug-likeness (QED) is 0.606. The molecule has 31 heavy (non-hydrogen) atoms. The first kappa shape index (κ1) is 21.0. The average molecular weight is 424 g/mol. The molecule has 7 nitrogen and oxygen atoms in total. The highest BCUT2D eigenvalue weighted by Gasteiger charge is 2.26. The van der Waals surface area contributed by atoms with Gasteiger partial charge in [-0.2, -0.15) is 0 Å². The Morgan fingerprint density at radius 1 is 1.26 bits per heavy atom. The van der Waals surface area contributed by atoms with Crippen molar-refractivity contribution in [2.75, 3.05) is 20.2 Å². The molecule has 3 aromatic rings. The highest BCUT2D eigenvalue weighted by atomic mass is 16.5. The molecule has 2 N–H and O–H groups in total. The number of amides is 2. The number of hydrogen-bond donors (Lipinski definition) is 2. The summed E-state index contributed by atoms with van der Waals surface area (Å²) in [6, 6.07) is 11.4. The first-order valence-corrected chi connectivity index (χ1v) is 10.8. The van der Waals surface area contributed by atoms with Crippen LogP contribution in [0.5, 0.6) is 5.75 Å². The minimum Gasteiger partial charge on any atom is -0.497 e. The van der Waals surface area contributed by atoms with E-state index in [2.05, 4.69) is 10.3 Å². The van der Waals surface area contributed by atoms with Gasteiger partial charge in [0.15, 0.2) is 0 Å². The molecule has 2 amide bonds. The molecule has 0 aliphatic carbocycles. The maximum atomic E-state index is 12.9. The molecule has 164 valence electrons. The smallest absolute Gasteiger partial charge is 0.270 e. The van der Waals surface area contributed by atoms with E-state index in [1.807, 2.05) is 48.2 Å². The Bertz CT molecular complexity index is 1030. The van der Waals surface area contributed by atoms with Crippen LogP contribution in [0.2, 0.25) is 0 Å². The molecule has 0 unspecified atom stereocenters. The van der Waals surface area contributed by atoms with Gasteiger partial charge in [0.05, 0.1) is 13.4 Å². The van der Waals surface area contributed by atoms with Crippen molar-refractivity contribution in [1.29, 1.82) is 0 Å². The number of H-pyrrole nitrogens is 1. The topological polar surface area (TPSA) is 87.6 Å². The number of methoxy groups -OCH3 is 1. The van der Waals surface area contributed by atoms with Gasteiger partial charge in [-0.05, 0) is 56.0 Å². The van der Waals surface area contributed by atoms with Crippen molar-refractivity contribution >= 4 is 22.7 Å². The van der Waals surface area contributed by atoms with E-state index in [1.54, 1.807) is 13.4 Å². The van der Waals surface area contributed by atoms with Crippen LogP contribution in [0, 0.1) is 5.92 Å². The number of carbonyl (C=O) groups excluding carboxylic acids is 2. The van der Waals surface area contributed by atoms with Crippen molar-refractivity contribution in [3.05, 3.63) is 54.1 Å². The minimum atomic E-state index is 0.00476. The van der Waals surface area contributed by atoms with Crippen LogP contribution in [0.1, 0.15) is 42.4 Å². The van der Waals surface area contributed by atoms with Gasteiger partial charge >= 0.3 is 0 Å². The Labute approximate surface area is 181 Å². The molecule has 2 aromatic heterocycles. The zero-order valence-electron chi connectivity index (χ0n) is 18.0. The van der Waals surface area contributed by atoms with E-state index in [1.165, 1.54) is 0 Å². The SMILES string of the molecule is COc1ccc2cc(C(=O)N3CCC(CC(=O)N[C@H](C)Cc4ccco4)CC3)[nH]c2c1. The summed E-state index contributed by atoms with van der Waals surface area (Å²) < 4.78 is 10.6. The van der Waals surface area contributed by atoms with E-state index >= 15 is 0 Å². The number of nitrogens with zero attached hydrogens (tertiary/aromatic N) is 1. The first-order valence-electron chi connectivity index (χ1n) is 10.8. The molecule has 1 aromatic carbocycles. The maximum absolute atomic E-state index is 12.9. The van der Waals surface area contributed by atoms with Crippen LogP contribution in [0.25, 0.3) is 10.9 Å². The Hall–Kier alpha value is -3.22. The number of fused-ring (bicyclic) bond motifs is 1. The Kier molecular flexibility index (Phi) is 6.30. The molecule has 1 fully saturated rings. The van der Waals surface area contributed by atoms with Crippen molar-refractivity contribution in [3.8, 4) is 5.75 Å². The number of benzene rings is 1. The Morgan fingerprint density at radius 3 is 2.77 bits per heavy atom. The number of carbonyl (C=O) groups is 2. The Balaban J connectivity index is 1.26. The molecule has 0 radical (unpaired) electrons. The fourth-order valence-electron chi connectivity index (χ4n) is 4.24. The van der Waals surface area contributed by atoms with E-state index in [0.29, 0.717) is 37.5 Å². The highest BCUT2D eigenvalue weighted by molar-refractivity contribution is 5.98. The van der Waals surface area contributed by atoms with Gasteiger partial charge < -0.3 is 24.4 Å². The zero-order chi connectivity index (χ0) is 21.8. The minimum absolute atomic E-state index is 0.00476. The summed E-state index contributed by atoms with van der Waals surface area (Å²) in [4.78, 5) is 30.4. The van der Waals surface area contributed by atoms with E-state index in [-0.39, 0.29) is 17.9 Å². The predicted octanol–water partition coefficient (Wildman–Crippen LogP) is 3.76. The van der Waals surface area contributed by atoms with Gasteiger partial charge in [-0.3, -0.25) is 9.59 Å². The second kappa shape index (κ2) is 9.29. The largest absolute Gasteiger partial charge is 0.497 e. The van der Waals surface area contributed by atoms with Crippen molar-refractivity contribution < 1.29 is 18.7 Å². The van der Waals surface area contributed by atoms with Crippen LogP contribution in [0.15, 0.2) is 47.1 Å². The summed E-state index contributed by atoms with van der Waals surface area (Å²) in [6.45, 7) is 3.31. The summed E-state index contributed by atoms with van der Waals surface area (Å²) in [7, 11) is 1.63. The van der Waals surface area contributed by atoms with Crippen LogP contribution < -0.4 is 10.1 Å². The van der Waals surface area contributed by atoms with Crippen LogP contribution in [0.4, 0.5) is 0 Å². The highest BCUT2D eigenvalue weighted by Crippen LogP contribution is 2.25. The summed E-state index contributed by atoms with van der Waals surface area (Å²) in [5.41, 5.74) is 1.48. The fourth-order valence-corrected chi connectivity index (χ4v) is 4.24. The lowest BCUT2D eigenvalue weighted by Crippen LogP contribution is -2.41. The molecule has 0 spiro atoms. The molecular formula is C24H29N3O4. The molecule has 1 atom stereocenters. The molecular weight excluding hydrogens is 394 g/mol. The number of ether oxygens (including phenoxy) is 1. The van der Waals surface area contributed by atoms with Crippen LogP contribution in [-0.2, 0) is 11.2 Å². The predicted molar refractivity (Wildman–Crippen MR) is 118 cm³/mol. The van der Waals surface area contributed by atoms with Gasteiger partial charge in [-0.1, -0.05) is 0 Å². The number of likely N-dealkylation sites (tertiary alicyclic amines) is 1. The number of aromatic amines is 1. The lowest BCUT2D eigenvalue weighted by molar-refractivity contribution is -0.122. The summed E-state index contributed by atoms with van der Waals surface area (Å²) in [6.07, 6.45) is 4.49. The Morgan fingerprint density at radius 2 is 2.06 bits per heavy atom. The van der Waals surface area contributed by atoms with Gasteiger partial charge in [-0.15, -0.1) is 0 Å². The second-order valence-corrected chi connectivity index (χ2v) is 8.33. The molecule has 4 rings (SSSR count). The second-order valence-electron chi connectivity index (χ2n) is 8.33. The fraction of sp³-hybridized carbons (Fsp3) is 0.417. The lowest BCUT2D eigenvalue weighted by atomic mass is 9.93. The number of furan rings is 1. The number of rotatable bonds is 7. The van der Waals surface area contributed by atoms with E-state index in [4.69, 9.17) is 9.15 Å².